The molecule has 16 heavy (non-hydrogen) atoms. The number of nitrogens with two attached hydrogens (primary N) is 1. The third kappa shape index (κ3) is 1.78. The Morgan fingerprint density at radius 2 is 1.62 bits per heavy atom. The van der Waals surface area contributed by atoms with Crippen molar-refractivity contribution < 1.29 is 0 Å². The Hall–Kier alpha value is -0.820. The molecule has 0 spiro atoms. The van der Waals surface area contributed by atoms with Crippen molar-refractivity contribution in [3.05, 3.63) is 34.4 Å². The lowest BCUT2D eigenvalue weighted by Gasteiger charge is -2.31. The average molecular weight is 217 g/mol. The molecule has 0 aromatic heterocycles. The Morgan fingerprint density at radius 1 is 1.06 bits per heavy atom. The standard InChI is InChI=1S/C15H23N/c1-4-11-7-8-12(5-2)15-13(16)9-6-10(3)14(11)15/h7-8,10,13H,4-6,9,16H2,1-3H3/t10?,13-/m0/s1. The van der Waals surface area contributed by atoms with Crippen LogP contribution in [0.5, 0.6) is 0 Å². The quantitative estimate of drug-likeness (QED) is 0.803. The Bertz CT molecular complexity index is 344. The van der Waals surface area contributed by atoms with Crippen LogP contribution in [-0.4, -0.2) is 0 Å². The summed E-state index contributed by atoms with van der Waals surface area (Å²) in [5.41, 5.74) is 12.3. The van der Waals surface area contributed by atoms with E-state index in [0.29, 0.717) is 5.92 Å². The van der Waals surface area contributed by atoms with Crippen molar-refractivity contribution in [2.24, 2.45) is 5.73 Å². The van der Waals surface area contributed by atoms with Crippen LogP contribution in [0.25, 0.3) is 0 Å². The first-order valence-corrected chi connectivity index (χ1v) is 6.59. The molecule has 0 saturated carbocycles. The smallest absolute Gasteiger partial charge is 0.0300 e. The summed E-state index contributed by atoms with van der Waals surface area (Å²) in [6, 6.07) is 4.87. The monoisotopic (exact) mass is 217 g/mol. The van der Waals surface area contributed by atoms with E-state index in [4.69, 9.17) is 5.73 Å². The Balaban J connectivity index is 2.63. The lowest BCUT2D eigenvalue weighted by molar-refractivity contribution is 0.506. The molecule has 2 atom stereocenters. The fourth-order valence-electron chi connectivity index (χ4n) is 3.08. The Kier molecular flexibility index (Phi) is 3.34. The number of hydrogen-bond donors (Lipinski definition) is 1. The zero-order valence-corrected chi connectivity index (χ0v) is 10.7. The van der Waals surface area contributed by atoms with Gasteiger partial charge in [-0.1, -0.05) is 32.9 Å². The van der Waals surface area contributed by atoms with Gasteiger partial charge in [0.25, 0.3) is 0 Å². The molecule has 2 rings (SSSR count). The summed E-state index contributed by atoms with van der Waals surface area (Å²) < 4.78 is 0. The Labute approximate surface area is 99.0 Å². The van der Waals surface area contributed by atoms with E-state index in [1.165, 1.54) is 23.1 Å². The fourth-order valence-corrected chi connectivity index (χ4v) is 3.08. The van der Waals surface area contributed by atoms with E-state index in [9.17, 15) is 0 Å². The van der Waals surface area contributed by atoms with E-state index >= 15 is 0 Å². The molecule has 0 fully saturated rings. The van der Waals surface area contributed by atoms with Gasteiger partial charge in [-0.2, -0.15) is 0 Å². The second-order valence-electron chi connectivity index (χ2n) is 5.00. The summed E-state index contributed by atoms with van der Waals surface area (Å²) in [5.74, 6) is 0.691. The highest BCUT2D eigenvalue weighted by atomic mass is 14.6. The predicted molar refractivity (Wildman–Crippen MR) is 69.8 cm³/mol. The maximum Gasteiger partial charge on any atom is 0.0300 e. The molecule has 1 nitrogen and oxygen atoms in total. The zero-order chi connectivity index (χ0) is 11.7. The van der Waals surface area contributed by atoms with Crippen molar-refractivity contribution in [3.63, 3.8) is 0 Å². The zero-order valence-electron chi connectivity index (χ0n) is 10.7. The van der Waals surface area contributed by atoms with Gasteiger partial charge in [0, 0.05) is 6.04 Å². The van der Waals surface area contributed by atoms with Gasteiger partial charge in [0.05, 0.1) is 0 Å². The topological polar surface area (TPSA) is 26.0 Å². The number of hydrogen-bond acceptors (Lipinski definition) is 1. The van der Waals surface area contributed by atoms with Crippen LogP contribution in [0.15, 0.2) is 12.1 Å². The van der Waals surface area contributed by atoms with Gasteiger partial charge in [0.1, 0.15) is 0 Å². The highest BCUT2D eigenvalue weighted by Crippen LogP contribution is 2.40. The molecule has 1 unspecified atom stereocenters. The molecule has 1 heteroatoms. The first-order valence-electron chi connectivity index (χ1n) is 6.59. The minimum absolute atomic E-state index is 0.271. The minimum Gasteiger partial charge on any atom is -0.324 e. The molecule has 2 N–H and O–H groups in total. The van der Waals surface area contributed by atoms with E-state index in [-0.39, 0.29) is 6.04 Å². The van der Waals surface area contributed by atoms with Crippen molar-refractivity contribution in [2.45, 2.75) is 58.4 Å². The molecule has 88 valence electrons. The first kappa shape index (κ1) is 11.7. The lowest BCUT2D eigenvalue weighted by Crippen LogP contribution is -2.22. The summed E-state index contributed by atoms with van der Waals surface area (Å²) >= 11 is 0. The first-order chi connectivity index (χ1) is 7.69. The number of benzene rings is 1. The van der Waals surface area contributed by atoms with E-state index in [1.807, 2.05) is 0 Å². The van der Waals surface area contributed by atoms with Crippen LogP contribution in [0.3, 0.4) is 0 Å². The highest BCUT2D eigenvalue weighted by molar-refractivity contribution is 5.46. The van der Waals surface area contributed by atoms with Crippen LogP contribution in [0.2, 0.25) is 0 Å². The van der Waals surface area contributed by atoms with Crippen LogP contribution in [-0.2, 0) is 12.8 Å². The van der Waals surface area contributed by atoms with Crippen molar-refractivity contribution in [3.8, 4) is 0 Å². The molecule has 1 aliphatic carbocycles. The van der Waals surface area contributed by atoms with Gasteiger partial charge in [-0.15, -0.1) is 0 Å². The van der Waals surface area contributed by atoms with Crippen molar-refractivity contribution in [2.75, 3.05) is 0 Å². The third-order valence-corrected chi connectivity index (χ3v) is 4.00. The van der Waals surface area contributed by atoms with Crippen LogP contribution in [0.1, 0.15) is 67.8 Å². The normalized spacial score (nSPS) is 24.2. The van der Waals surface area contributed by atoms with Gasteiger partial charge < -0.3 is 5.73 Å². The lowest BCUT2D eigenvalue weighted by atomic mass is 9.76. The molecule has 1 aromatic carbocycles. The van der Waals surface area contributed by atoms with Crippen molar-refractivity contribution in [1.29, 1.82) is 0 Å². The Morgan fingerprint density at radius 3 is 2.19 bits per heavy atom. The van der Waals surface area contributed by atoms with Crippen molar-refractivity contribution >= 4 is 0 Å². The van der Waals surface area contributed by atoms with E-state index in [0.717, 1.165) is 19.3 Å². The van der Waals surface area contributed by atoms with Gasteiger partial charge >= 0.3 is 0 Å². The van der Waals surface area contributed by atoms with E-state index in [1.54, 1.807) is 5.56 Å². The van der Waals surface area contributed by atoms with E-state index in [2.05, 4.69) is 32.9 Å². The molecule has 0 aliphatic heterocycles. The summed E-state index contributed by atoms with van der Waals surface area (Å²) in [6.45, 7) is 6.82. The molecule has 0 saturated heterocycles. The summed E-state index contributed by atoms with van der Waals surface area (Å²) in [7, 11) is 0. The van der Waals surface area contributed by atoms with Crippen LogP contribution < -0.4 is 5.73 Å². The minimum atomic E-state index is 0.271. The van der Waals surface area contributed by atoms with Crippen molar-refractivity contribution in [1.82, 2.24) is 0 Å². The predicted octanol–water partition coefficient (Wildman–Crippen LogP) is 3.71. The number of fused-ring (bicyclic) bond motifs is 1. The van der Waals surface area contributed by atoms with Crippen LogP contribution >= 0.6 is 0 Å². The molecule has 0 bridgehead atoms. The van der Waals surface area contributed by atoms with Gasteiger partial charge in [-0.3, -0.25) is 0 Å². The summed E-state index contributed by atoms with van der Waals surface area (Å²) in [4.78, 5) is 0. The molecule has 0 heterocycles. The maximum absolute atomic E-state index is 6.31. The molecule has 1 aliphatic rings. The summed E-state index contributed by atoms with van der Waals surface area (Å²) in [6.07, 6.45) is 4.62. The van der Waals surface area contributed by atoms with Crippen LogP contribution in [0.4, 0.5) is 0 Å². The number of aryl methyl sites for hydroxylation is 2. The third-order valence-electron chi connectivity index (χ3n) is 4.00. The number of rotatable bonds is 2. The molecular formula is C15H23N. The average Bonchev–Trinajstić information content (AvgIpc) is 2.32. The fraction of sp³-hybridized carbons (Fsp3) is 0.600. The SMILES string of the molecule is CCc1ccc(CC)c2c1C(C)CC[C@@H]2N. The molecule has 0 radical (unpaired) electrons. The largest absolute Gasteiger partial charge is 0.324 e. The highest BCUT2D eigenvalue weighted by Gasteiger charge is 2.26. The van der Waals surface area contributed by atoms with Gasteiger partial charge in [-0.25, -0.2) is 0 Å². The van der Waals surface area contributed by atoms with Gasteiger partial charge in [0.2, 0.25) is 0 Å². The van der Waals surface area contributed by atoms with Gasteiger partial charge in [0.15, 0.2) is 0 Å². The molecule has 0 amide bonds. The summed E-state index contributed by atoms with van der Waals surface area (Å²) in [5, 5.41) is 0. The van der Waals surface area contributed by atoms with E-state index < -0.39 is 0 Å². The maximum atomic E-state index is 6.31. The second-order valence-corrected chi connectivity index (χ2v) is 5.00. The van der Waals surface area contributed by atoms with Crippen LogP contribution in [0, 0.1) is 0 Å². The van der Waals surface area contributed by atoms with Gasteiger partial charge in [-0.05, 0) is 53.9 Å². The molecule has 1 aromatic rings. The molecular weight excluding hydrogens is 194 g/mol. The second kappa shape index (κ2) is 4.58.